The minimum absolute atomic E-state index is 0.0150. The Hall–Kier alpha value is -2.13. The zero-order chi connectivity index (χ0) is 16.9. The molecule has 1 aromatic rings. The maximum Gasteiger partial charge on any atom is 0.321 e. The van der Waals surface area contributed by atoms with Gasteiger partial charge in [0.15, 0.2) is 0 Å². The summed E-state index contributed by atoms with van der Waals surface area (Å²) >= 11 is 0. The highest BCUT2D eigenvalue weighted by molar-refractivity contribution is 7.89. The second-order valence-corrected chi connectivity index (χ2v) is 6.57. The number of aliphatic carboxylic acids is 1. The van der Waals surface area contributed by atoms with Crippen LogP contribution in [-0.2, 0) is 19.6 Å². The van der Waals surface area contributed by atoms with Crippen LogP contribution in [0.15, 0.2) is 29.2 Å². The SMILES string of the molecule is CC(=O)NCCN(C(C)C(=O)O)S(=O)(=O)c1ccc(N)cc1. The van der Waals surface area contributed by atoms with E-state index in [0.717, 1.165) is 4.31 Å². The van der Waals surface area contributed by atoms with Crippen molar-refractivity contribution in [1.82, 2.24) is 9.62 Å². The average molecular weight is 329 g/mol. The normalized spacial score (nSPS) is 12.9. The summed E-state index contributed by atoms with van der Waals surface area (Å²) in [5.41, 5.74) is 5.92. The summed E-state index contributed by atoms with van der Waals surface area (Å²) in [5.74, 6) is -1.60. The summed E-state index contributed by atoms with van der Waals surface area (Å²) in [6.45, 7) is 2.42. The molecule has 0 saturated heterocycles. The summed E-state index contributed by atoms with van der Waals surface area (Å²) in [5, 5.41) is 11.5. The average Bonchev–Trinajstić information content (AvgIpc) is 2.42. The monoisotopic (exact) mass is 329 g/mol. The second-order valence-electron chi connectivity index (χ2n) is 4.68. The van der Waals surface area contributed by atoms with Gasteiger partial charge in [-0.2, -0.15) is 4.31 Å². The third kappa shape index (κ3) is 4.43. The molecule has 22 heavy (non-hydrogen) atoms. The van der Waals surface area contributed by atoms with Gasteiger partial charge in [-0.3, -0.25) is 9.59 Å². The Balaban J connectivity index is 3.09. The van der Waals surface area contributed by atoms with Crippen LogP contribution >= 0.6 is 0 Å². The summed E-state index contributed by atoms with van der Waals surface area (Å²) < 4.78 is 26.0. The summed E-state index contributed by atoms with van der Waals surface area (Å²) in [4.78, 5) is 22.0. The molecular formula is C13H19N3O5S. The van der Waals surface area contributed by atoms with Gasteiger partial charge in [0.25, 0.3) is 0 Å². The highest BCUT2D eigenvalue weighted by atomic mass is 32.2. The van der Waals surface area contributed by atoms with Crippen molar-refractivity contribution < 1.29 is 23.1 Å². The predicted molar refractivity (Wildman–Crippen MR) is 80.5 cm³/mol. The van der Waals surface area contributed by atoms with Gasteiger partial charge in [0.2, 0.25) is 15.9 Å². The first-order valence-electron chi connectivity index (χ1n) is 6.51. The first-order valence-corrected chi connectivity index (χ1v) is 7.95. The molecule has 0 aliphatic rings. The van der Waals surface area contributed by atoms with Crippen molar-refractivity contribution in [3.63, 3.8) is 0 Å². The predicted octanol–water partition coefficient (Wildman–Crippen LogP) is -0.131. The summed E-state index contributed by atoms with van der Waals surface area (Å²) in [7, 11) is -4.01. The molecular weight excluding hydrogens is 310 g/mol. The Morgan fingerprint density at radius 1 is 1.32 bits per heavy atom. The minimum Gasteiger partial charge on any atom is -0.480 e. The molecule has 0 bridgehead atoms. The minimum atomic E-state index is -4.01. The van der Waals surface area contributed by atoms with E-state index in [4.69, 9.17) is 10.8 Å². The van der Waals surface area contributed by atoms with E-state index in [9.17, 15) is 18.0 Å². The number of sulfonamides is 1. The number of carbonyl (C=O) groups excluding carboxylic acids is 1. The van der Waals surface area contributed by atoms with Crippen LogP contribution in [-0.4, -0.2) is 48.8 Å². The van der Waals surface area contributed by atoms with Gasteiger partial charge < -0.3 is 16.2 Å². The van der Waals surface area contributed by atoms with E-state index >= 15 is 0 Å². The van der Waals surface area contributed by atoms with Gasteiger partial charge in [0.1, 0.15) is 6.04 Å². The number of carbonyl (C=O) groups is 2. The zero-order valence-corrected chi connectivity index (χ0v) is 13.1. The lowest BCUT2D eigenvalue weighted by Gasteiger charge is -2.25. The van der Waals surface area contributed by atoms with Gasteiger partial charge in [-0.1, -0.05) is 0 Å². The third-order valence-electron chi connectivity index (χ3n) is 2.98. The van der Waals surface area contributed by atoms with Gasteiger partial charge in [-0.25, -0.2) is 8.42 Å². The molecule has 1 rings (SSSR count). The van der Waals surface area contributed by atoms with Gasteiger partial charge in [0.05, 0.1) is 4.90 Å². The number of hydrogen-bond donors (Lipinski definition) is 3. The Kier molecular flexibility index (Phi) is 5.89. The van der Waals surface area contributed by atoms with E-state index in [1.54, 1.807) is 0 Å². The maximum absolute atomic E-state index is 12.6. The van der Waals surface area contributed by atoms with Crippen molar-refractivity contribution in [1.29, 1.82) is 0 Å². The van der Waals surface area contributed by atoms with Crippen molar-refractivity contribution in [2.75, 3.05) is 18.8 Å². The van der Waals surface area contributed by atoms with Crippen LogP contribution in [0.2, 0.25) is 0 Å². The first kappa shape index (κ1) is 17.9. The molecule has 122 valence electrons. The molecule has 0 fully saturated rings. The molecule has 0 spiro atoms. The number of anilines is 1. The van der Waals surface area contributed by atoms with Crippen LogP contribution in [0.1, 0.15) is 13.8 Å². The van der Waals surface area contributed by atoms with Crippen molar-refractivity contribution in [3.8, 4) is 0 Å². The Bertz CT molecular complexity index is 642. The van der Waals surface area contributed by atoms with Crippen molar-refractivity contribution >= 4 is 27.6 Å². The lowest BCUT2D eigenvalue weighted by molar-refractivity contribution is -0.140. The number of nitrogens with zero attached hydrogens (tertiary/aromatic N) is 1. The molecule has 9 heteroatoms. The van der Waals surface area contributed by atoms with E-state index in [2.05, 4.69) is 5.32 Å². The second kappa shape index (κ2) is 7.23. The van der Waals surface area contributed by atoms with E-state index in [1.165, 1.54) is 38.1 Å². The van der Waals surface area contributed by atoms with Crippen LogP contribution in [0.3, 0.4) is 0 Å². The summed E-state index contributed by atoms with van der Waals surface area (Å²) in [6.07, 6.45) is 0. The molecule has 8 nitrogen and oxygen atoms in total. The lowest BCUT2D eigenvalue weighted by Crippen LogP contribution is -2.46. The lowest BCUT2D eigenvalue weighted by atomic mass is 10.3. The molecule has 4 N–H and O–H groups in total. The quantitative estimate of drug-likeness (QED) is 0.597. The molecule has 0 saturated carbocycles. The van der Waals surface area contributed by atoms with Crippen molar-refractivity contribution in [2.45, 2.75) is 24.8 Å². The fourth-order valence-electron chi connectivity index (χ4n) is 1.76. The highest BCUT2D eigenvalue weighted by Crippen LogP contribution is 2.19. The van der Waals surface area contributed by atoms with Crippen molar-refractivity contribution in [3.05, 3.63) is 24.3 Å². The third-order valence-corrected chi connectivity index (χ3v) is 4.97. The molecule has 1 aromatic carbocycles. The van der Waals surface area contributed by atoms with Crippen LogP contribution in [0, 0.1) is 0 Å². The Labute approximate surface area is 129 Å². The van der Waals surface area contributed by atoms with Crippen LogP contribution < -0.4 is 11.1 Å². The molecule has 1 amide bonds. The molecule has 0 aliphatic carbocycles. The van der Waals surface area contributed by atoms with Crippen LogP contribution in [0.4, 0.5) is 5.69 Å². The first-order chi connectivity index (χ1) is 10.2. The van der Waals surface area contributed by atoms with E-state index in [1.807, 2.05) is 0 Å². The molecule has 0 radical (unpaired) electrons. The zero-order valence-electron chi connectivity index (χ0n) is 12.3. The van der Waals surface area contributed by atoms with Crippen LogP contribution in [0.25, 0.3) is 0 Å². The van der Waals surface area contributed by atoms with E-state index in [0.29, 0.717) is 5.69 Å². The number of rotatable bonds is 7. The smallest absolute Gasteiger partial charge is 0.321 e. The van der Waals surface area contributed by atoms with Gasteiger partial charge >= 0.3 is 5.97 Å². The van der Waals surface area contributed by atoms with E-state index in [-0.39, 0.29) is 23.9 Å². The molecule has 0 aromatic heterocycles. The standard InChI is InChI=1S/C13H19N3O5S/c1-9(13(18)19)16(8-7-15-10(2)17)22(20,21)12-5-3-11(14)4-6-12/h3-6,9H,7-8,14H2,1-2H3,(H,15,17)(H,18,19). The number of carboxylic acids is 1. The largest absolute Gasteiger partial charge is 0.480 e. The van der Waals surface area contributed by atoms with Crippen molar-refractivity contribution in [2.24, 2.45) is 0 Å². The Morgan fingerprint density at radius 3 is 2.32 bits per heavy atom. The topological polar surface area (TPSA) is 130 Å². The number of hydrogen-bond acceptors (Lipinski definition) is 5. The number of nitrogens with two attached hydrogens (primary N) is 1. The van der Waals surface area contributed by atoms with Crippen LogP contribution in [0.5, 0.6) is 0 Å². The number of amides is 1. The fraction of sp³-hybridized carbons (Fsp3) is 0.385. The maximum atomic E-state index is 12.6. The molecule has 0 heterocycles. The summed E-state index contributed by atoms with van der Waals surface area (Å²) in [6, 6.07) is 4.19. The van der Waals surface area contributed by atoms with E-state index < -0.39 is 22.0 Å². The highest BCUT2D eigenvalue weighted by Gasteiger charge is 2.32. The number of nitrogens with one attached hydrogen (secondary N) is 1. The van der Waals surface area contributed by atoms with Gasteiger partial charge in [-0.15, -0.1) is 0 Å². The molecule has 0 aliphatic heterocycles. The Morgan fingerprint density at radius 2 is 1.86 bits per heavy atom. The fourth-order valence-corrected chi connectivity index (χ4v) is 3.35. The van der Waals surface area contributed by atoms with Gasteiger partial charge in [0, 0.05) is 25.7 Å². The molecule has 1 unspecified atom stereocenters. The number of carboxylic acid groups (broad SMARTS) is 1. The molecule has 1 atom stereocenters. The number of benzene rings is 1. The van der Waals surface area contributed by atoms with Gasteiger partial charge in [-0.05, 0) is 31.2 Å². The number of nitrogen functional groups attached to an aromatic ring is 1.